The summed E-state index contributed by atoms with van der Waals surface area (Å²) >= 11 is 1.74. The van der Waals surface area contributed by atoms with Crippen LogP contribution in [0.5, 0.6) is 0 Å². The number of carbonyl (C=O) groups is 1. The number of hydrogen-bond acceptors (Lipinski definition) is 3. The second-order valence-corrected chi connectivity index (χ2v) is 7.92. The molecule has 2 heterocycles. The van der Waals surface area contributed by atoms with Crippen LogP contribution >= 0.6 is 11.3 Å². The number of aryl methyl sites for hydroxylation is 1. The zero-order valence-corrected chi connectivity index (χ0v) is 16.7. The average Bonchev–Trinajstić information content (AvgIpc) is 3.23. The minimum absolute atomic E-state index is 0.0232. The van der Waals surface area contributed by atoms with Crippen molar-refractivity contribution in [3.8, 4) is 11.3 Å². The highest BCUT2D eigenvalue weighted by Crippen LogP contribution is 2.31. The van der Waals surface area contributed by atoms with Crippen molar-refractivity contribution in [2.75, 3.05) is 11.9 Å². The fourth-order valence-corrected chi connectivity index (χ4v) is 4.33. The van der Waals surface area contributed by atoms with E-state index in [0.29, 0.717) is 0 Å². The molecule has 0 saturated heterocycles. The van der Waals surface area contributed by atoms with Crippen molar-refractivity contribution in [3.63, 3.8) is 0 Å². The number of anilines is 1. The Kier molecular flexibility index (Phi) is 4.70. The molecule has 0 atom stereocenters. The van der Waals surface area contributed by atoms with Crippen LogP contribution in [0.2, 0.25) is 0 Å². The molecule has 0 unspecified atom stereocenters. The van der Waals surface area contributed by atoms with Crippen LogP contribution in [-0.4, -0.2) is 22.3 Å². The summed E-state index contributed by atoms with van der Waals surface area (Å²) in [4.78, 5) is 19.0. The Labute approximate surface area is 163 Å². The number of imidazole rings is 1. The van der Waals surface area contributed by atoms with E-state index in [4.69, 9.17) is 4.98 Å². The Hall–Kier alpha value is -2.66. The van der Waals surface area contributed by atoms with Gasteiger partial charge in [-0.05, 0) is 42.7 Å². The number of hydrogen-bond donors (Lipinski definition) is 0. The number of rotatable bonds is 5. The molecular weight excluding hydrogens is 354 g/mol. The third kappa shape index (κ3) is 3.35. The van der Waals surface area contributed by atoms with Gasteiger partial charge in [-0.1, -0.05) is 42.9 Å². The van der Waals surface area contributed by atoms with Gasteiger partial charge < -0.3 is 4.90 Å². The maximum absolute atomic E-state index is 11.5. The highest BCUT2D eigenvalue weighted by atomic mass is 32.1. The maximum Gasteiger partial charge on any atom is 0.223 e. The Morgan fingerprint density at radius 2 is 1.96 bits per heavy atom. The van der Waals surface area contributed by atoms with Crippen molar-refractivity contribution in [1.29, 1.82) is 0 Å². The fraction of sp³-hybridized carbons (Fsp3) is 0.273. The van der Waals surface area contributed by atoms with Gasteiger partial charge in [0.15, 0.2) is 4.96 Å². The largest absolute Gasteiger partial charge is 0.316 e. The van der Waals surface area contributed by atoms with Crippen LogP contribution in [0, 0.1) is 0 Å². The molecule has 0 aliphatic carbocycles. The molecule has 1 amide bonds. The topological polar surface area (TPSA) is 37.6 Å². The first-order valence-electron chi connectivity index (χ1n) is 9.32. The molecule has 0 saturated carbocycles. The molecule has 2 aromatic carbocycles. The van der Waals surface area contributed by atoms with E-state index in [1.165, 1.54) is 28.6 Å². The number of benzene rings is 2. The number of carbonyl (C=O) groups excluding carboxylic acids is 1. The average molecular weight is 378 g/mol. The molecule has 5 heteroatoms. The minimum Gasteiger partial charge on any atom is -0.316 e. The molecule has 0 aliphatic rings. The van der Waals surface area contributed by atoms with E-state index in [-0.39, 0.29) is 5.91 Å². The van der Waals surface area contributed by atoms with Gasteiger partial charge >= 0.3 is 0 Å². The van der Waals surface area contributed by atoms with Crippen LogP contribution in [0.4, 0.5) is 5.69 Å². The summed E-state index contributed by atoms with van der Waals surface area (Å²) in [5, 5.41) is 0. The van der Waals surface area contributed by atoms with Crippen LogP contribution in [0.1, 0.15) is 32.3 Å². The van der Waals surface area contributed by atoms with E-state index in [0.717, 1.165) is 28.3 Å². The smallest absolute Gasteiger partial charge is 0.223 e. The third-order valence-corrected chi connectivity index (χ3v) is 6.02. The first-order chi connectivity index (χ1) is 13.1. The molecule has 27 heavy (non-hydrogen) atoms. The van der Waals surface area contributed by atoms with Crippen LogP contribution in [0.3, 0.4) is 0 Å². The van der Waals surface area contributed by atoms with Gasteiger partial charge in [-0.25, -0.2) is 4.98 Å². The van der Waals surface area contributed by atoms with E-state index < -0.39 is 0 Å². The summed E-state index contributed by atoms with van der Waals surface area (Å²) in [5.41, 5.74) is 5.51. The van der Waals surface area contributed by atoms with E-state index >= 15 is 0 Å². The molecule has 0 aliphatic heterocycles. The van der Waals surface area contributed by atoms with E-state index in [1.807, 2.05) is 24.3 Å². The molecule has 0 fully saturated rings. The van der Waals surface area contributed by atoms with Crippen molar-refractivity contribution in [1.82, 2.24) is 9.38 Å². The quantitative estimate of drug-likeness (QED) is 0.458. The van der Waals surface area contributed by atoms with Gasteiger partial charge in [-0.3, -0.25) is 9.20 Å². The fourth-order valence-electron chi connectivity index (χ4n) is 3.26. The summed E-state index contributed by atoms with van der Waals surface area (Å²) in [7, 11) is 1.78. The molecule has 0 bridgehead atoms. The van der Waals surface area contributed by atoms with Gasteiger partial charge in [0.05, 0.1) is 15.9 Å². The van der Waals surface area contributed by atoms with Crippen LogP contribution in [0.15, 0.2) is 48.7 Å². The number of thiazole rings is 1. The summed E-state index contributed by atoms with van der Waals surface area (Å²) < 4.78 is 3.46. The van der Waals surface area contributed by atoms with Gasteiger partial charge in [-0.2, -0.15) is 0 Å². The summed E-state index contributed by atoms with van der Waals surface area (Å²) in [6.45, 7) is 3.79. The molecule has 4 rings (SSSR count). The number of unbranched alkanes of at least 4 members (excludes halogenated alkanes) is 1. The van der Waals surface area contributed by atoms with E-state index in [2.05, 4.69) is 35.7 Å². The molecule has 138 valence electrons. The third-order valence-electron chi connectivity index (χ3n) is 5.00. The van der Waals surface area contributed by atoms with Gasteiger partial charge in [0.25, 0.3) is 0 Å². The molecule has 0 N–H and O–H groups in total. The molecule has 4 nitrogen and oxygen atoms in total. The standard InChI is InChI=1S/C22H23N3OS/c1-4-5-6-16-7-12-20-21(13-16)27-22-23-19(14-25(20)22)17-8-10-18(11-9-17)24(3)15(2)26/h7-14H,4-6H2,1-3H3. The van der Waals surface area contributed by atoms with Gasteiger partial charge in [0.2, 0.25) is 5.91 Å². The van der Waals surface area contributed by atoms with Crippen molar-refractivity contribution < 1.29 is 4.79 Å². The van der Waals surface area contributed by atoms with Gasteiger partial charge in [0, 0.05) is 31.4 Å². The Bertz CT molecular complexity index is 1110. The number of fused-ring (bicyclic) bond motifs is 3. The second kappa shape index (κ2) is 7.16. The Morgan fingerprint density at radius 1 is 1.19 bits per heavy atom. The lowest BCUT2D eigenvalue weighted by atomic mass is 10.1. The second-order valence-electron chi connectivity index (χ2n) is 6.91. The minimum atomic E-state index is 0.0232. The zero-order valence-electron chi connectivity index (χ0n) is 15.9. The van der Waals surface area contributed by atoms with E-state index in [1.54, 1.807) is 30.2 Å². The lowest BCUT2D eigenvalue weighted by molar-refractivity contribution is -0.116. The van der Waals surface area contributed by atoms with Crippen LogP contribution < -0.4 is 4.90 Å². The molecule has 4 aromatic rings. The van der Waals surface area contributed by atoms with Crippen LogP contribution in [0.25, 0.3) is 26.4 Å². The van der Waals surface area contributed by atoms with E-state index in [9.17, 15) is 4.79 Å². The number of amides is 1. The summed E-state index contributed by atoms with van der Waals surface area (Å²) in [6, 6.07) is 14.7. The molecule has 0 radical (unpaired) electrons. The Morgan fingerprint density at radius 3 is 2.67 bits per heavy atom. The molecular formula is C22H23N3OS. The number of nitrogens with zero attached hydrogens (tertiary/aromatic N) is 3. The molecule has 2 aromatic heterocycles. The predicted molar refractivity (Wildman–Crippen MR) is 114 cm³/mol. The van der Waals surface area contributed by atoms with Crippen molar-refractivity contribution in [2.45, 2.75) is 33.1 Å². The number of aromatic nitrogens is 2. The lowest BCUT2D eigenvalue weighted by Gasteiger charge is -2.14. The molecule has 0 spiro atoms. The monoisotopic (exact) mass is 377 g/mol. The normalized spacial score (nSPS) is 11.4. The van der Waals surface area contributed by atoms with Crippen molar-refractivity contribution >= 4 is 38.1 Å². The highest BCUT2D eigenvalue weighted by Gasteiger charge is 2.12. The van der Waals surface area contributed by atoms with Gasteiger partial charge in [0.1, 0.15) is 0 Å². The predicted octanol–water partition coefficient (Wildman–Crippen LogP) is 5.54. The van der Waals surface area contributed by atoms with Crippen LogP contribution in [-0.2, 0) is 11.2 Å². The zero-order chi connectivity index (χ0) is 19.0. The SMILES string of the molecule is CCCCc1ccc2c(c1)sc1nc(-c3ccc(N(C)C(C)=O)cc3)cn12. The van der Waals surface area contributed by atoms with Gasteiger partial charge in [-0.15, -0.1) is 0 Å². The Balaban J connectivity index is 1.66. The van der Waals surface area contributed by atoms with Crippen molar-refractivity contribution in [2.24, 2.45) is 0 Å². The highest BCUT2D eigenvalue weighted by molar-refractivity contribution is 7.23. The van der Waals surface area contributed by atoms with Crippen molar-refractivity contribution in [3.05, 3.63) is 54.2 Å². The first-order valence-corrected chi connectivity index (χ1v) is 10.1. The summed E-state index contributed by atoms with van der Waals surface area (Å²) in [6.07, 6.45) is 5.69. The summed E-state index contributed by atoms with van der Waals surface area (Å²) in [5.74, 6) is 0.0232. The first kappa shape index (κ1) is 17.7. The lowest BCUT2D eigenvalue weighted by Crippen LogP contribution is -2.22. The maximum atomic E-state index is 11.5.